The van der Waals surface area contributed by atoms with Crippen LogP contribution in [0, 0.1) is 0 Å². The summed E-state index contributed by atoms with van der Waals surface area (Å²) in [6.07, 6.45) is 6.92. The Labute approximate surface area is 198 Å². The van der Waals surface area contributed by atoms with Crippen molar-refractivity contribution in [1.82, 2.24) is 0 Å². The molecular formula is C28H25NO5. The zero-order valence-electron chi connectivity index (χ0n) is 19.5. The van der Waals surface area contributed by atoms with Gasteiger partial charge in [-0.05, 0) is 82.8 Å². The number of para-hydroxylation sites is 1. The second kappa shape index (κ2) is 9.67. The number of Topliss-reactive ketones (excluding diaryl/α,β-unsaturated/α-hetero) is 1. The van der Waals surface area contributed by atoms with E-state index in [1.807, 2.05) is 61.5 Å². The van der Waals surface area contributed by atoms with Gasteiger partial charge in [-0.1, -0.05) is 24.3 Å². The summed E-state index contributed by atoms with van der Waals surface area (Å²) in [5, 5.41) is 2.90. The monoisotopic (exact) mass is 455 g/mol. The van der Waals surface area contributed by atoms with Gasteiger partial charge in [0.1, 0.15) is 5.75 Å². The molecule has 0 bridgehead atoms. The topological polar surface area (TPSA) is 73.9 Å². The lowest BCUT2D eigenvalue weighted by Gasteiger charge is -2.14. The SMILES string of the molecule is COC1=CC(=CC2=C(C)/C(=C\C(=O)Nc3ccccc3)c3cc(OC)ccc32)C=C(OC)C1=O. The van der Waals surface area contributed by atoms with Crippen molar-refractivity contribution < 1.29 is 23.8 Å². The highest BCUT2D eigenvalue weighted by molar-refractivity contribution is 6.12. The van der Waals surface area contributed by atoms with Gasteiger partial charge in [-0.15, -0.1) is 0 Å². The molecule has 6 nitrogen and oxygen atoms in total. The molecule has 0 heterocycles. The lowest BCUT2D eigenvalue weighted by molar-refractivity contribution is -0.118. The molecular weight excluding hydrogens is 430 g/mol. The van der Waals surface area contributed by atoms with E-state index in [1.165, 1.54) is 14.2 Å². The first kappa shape index (κ1) is 22.9. The molecule has 34 heavy (non-hydrogen) atoms. The Kier molecular flexibility index (Phi) is 6.50. The number of carbonyl (C=O) groups is 2. The summed E-state index contributed by atoms with van der Waals surface area (Å²) in [6, 6.07) is 15.1. The Bertz CT molecular complexity index is 1280. The molecule has 2 aliphatic rings. The van der Waals surface area contributed by atoms with E-state index in [4.69, 9.17) is 14.2 Å². The smallest absolute Gasteiger partial charge is 0.261 e. The Hall–Kier alpha value is -4.32. The van der Waals surface area contributed by atoms with E-state index >= 15 is 0 Å². The molecule has 6 heteroatoms. The maximum atomic E-state index is 12.8. The van der Waals surface area contributed by atoms with Crippen LogP contribution in [0.25, 0.3) is 11.1 Å². The summed E-state index contributed by atoms with van der Waals surface area (Å²) in [5.41, 5.74) is 5.98. The summed E-state index contributed by atoms with van der Waals surface area (Å²) < 4.78 is 15.9. The molecule has 2 aliphatic carbocycles. The third-order valence-electron chi connectivity index (χ3n) is 5.73. The van der Waals surface area contributed by atoms with Crippen molar-refractivity contribution in [1.29, 1.82) is 0 Å². The zero-order chi connectivity index (χ0) is 24.2. The normalized spacial score (nSPS) is 16.1. The average molecular weight is 456 g/mol. The lowest BCUT2D eigenvalue weighted by atomic mass is 9.99. The number of ether oxygens (including phenoxy) is 3. The minimum absolute atomic E-state index is 0.204. The molecule has 0 spiro atoms. The third kappa shape index (κ3) is 4.43. The van der Waals surface area contributed by atoms with E-state index in [9.17, 15) is 9.59 Å². The molecule has 0 saturated heterocycles. The molecule has 0 atom stereocenters. The van der Waals surface area contributed by atoms with E-state index < -0.39 is 0 Å². The van der Waals surface area contributed by atoms with Crippen molar-refractivity contribution in [2.75, 3.05) is 26.6 Å². The Morgan fingerprint density at radius 1 is 0.882 bits per heavy atom. The summed E-state index contributed by atoms with van der Waals surface area (Å²) in [6.45, 7) is 1.97. The number of rotatable bonds is 6. The van der Waals surface area contributed by atoms with Gasteiger partial charge >= 0.3 is 0 Å². The molecule has 2 aromatic rings. The average Bonchev–Trinajstić information content (AvgIpc) is 3.10. The van der Waals surface area contributed by atoms with Crippen LogP contribution < -0.4 is 10.1 Å². The molecule has 2 aromatic carbocycles. The predicted octanol–water partition coefficient (Wildman–Crippen LogP) is 5.07. The van der Waals surface area contributed by atoms with Gasteiger partial charge in [0.2, 0.25) is 5.91 Å². The van der Waals surface area contributed by atoms with Crippen molar-refractivity contribution in [3.63, 3.8) is 0 Å². The number of fused-ring (bicyclic) bond motifs is 1. The van der Waals surface area contributed by atoms with E-state index in [0.29, 0.717) is 5.75 Å². The fourth-order valence-corrected chi connectivity index (χ4v) is 4.01. The summed E-state index contributed by atoms with van der Waals surface area (Å²) in [4.78, 5) is 25.2. The number of carbonyl (C=O) groups excluding carboxylic acids is 2. The van der Waals surface area contributed by atoms with Crippen LogP contribution in [0.4, 0.5) is 5.69 Å². The third-order valence-corrected chi connectivity index (χ3v) is 5.73. The Balaban J connectivity index is 1.80. The highest BCUT2D eigenvalue weighted by Crippen LogP contribution is 2.44. The van der Waals surface area contributed by atoms with Gasteiger partial charge in [0, 0.05) is 11.8 Å². The lowest BCUT2D eigenvalue weighted by Crippen LogP contribution is -2.13. The fourth-order valence-electron chi connectivity index (χ4n) is 4.01. The molecule has 0 fully saturated rings. The number of methoxy groups -OCH3 is 3. The van der Waals surface area contributed by atoms with Gasteiger partial charge in [0.05, 0.1) is 21.3 Å². The van der Waals surface area contributed by atoms with Gasteiger partial charge in [0.25, 0.3) is 5.78 Å². The number of benzene rings is 2. The first-order chi connectivity index (χ1) is 16.4. The molecule has 0 aromatic heterocycles. The van der Waals surface area contributed by atoms with E-state index in [0.717, 1.165) is 39.1 Å². The number of allylic oxidation sites excluding steroid dienone is 7. The summed E-state index contributed by atoms with van der Waals surface area (Å²) >= 11 is 0. The molecule has 4 rings (SSSR count). The zero-order valence-corrected chi connectivity index (χ0v) is 19.5. The number of anilines is 1. The van der Waals surface area contributed by atoms with Crippen molar-refractivity contribution in [2.24, 2.45) is 0 Å². The van der Waals surface area contributed by atoms with Crippen LogP contribution in [-0.2, 0) is 19.1 Å². The van der Waals surface area contributed by atoms with Gasteiger partial charge in [0.15, 0.2) is 11.5 Å². The largest absolute Gasteiger partial charge is 0.497 e. The standard InChI is InChI=1S/C28H25NO5/c1-17-22(12-18-13-25(33-3)28(31)26(14-18)34-4)21-11-10-20(32-2)15-24(21)23(17)16-27(30)29-19-8-6-5-7-9-19/h5-16H,1-4H3,(H,29,30)/b23-16+. The number of nitrogens with one attached hydrogen (secondary N) is 1. The molecule has 1 amide bonds. The van der Waals surface area contributed by atoms with Gasteiger partial charge in [-0.25, -0.2) is 0 Å². The van der Waals surface area contributed by atoms with Crippen molar-refractivity contribution in [2.45, 2.75) is 6.92 Å². The predicted molar refractivity (Wildman–Crippen MR) is 132 cm³/mol. The summed E-state index contributed by atoms with van der Waals surface area (Å²) in [5.74, 6) is 0.572. The van der Waals surface area contributed by atoms with Crippen LogP contribution in [-0.4, -0.2) is 33.0 Å². The number of hydrogen-bond donors (Lipinski definition) is 1. The number of amides is 1. The van der Waals surface area contributed by atoms with Gasteiger partial charge < -0.3 is 19.5 Å². The maximum Gasteiger partial charge on any atom is 0.261 e. The van der Waals surface area contributed by atoms with Crippen LogP contribution in [0.3, 0.4) is 0 Å². The van der Waals surface area contributed by atoms with E-state index in [2.05, 4.69) is 5.32 Å². The molecule has 0 aliphatic heterocycles. The van der Waals surface area contributed by atoms with E-state index in [-0.39, 0.29) is 23.2 Å². The van der Waals surface area contributed by atoms with Crippen LogP contribution in [0.15, 0.2) is 95.5 Å². The molecule has 0 unspecified atom stereocenters. The second-order valence-corrected chi connectivity index (χ2v) is 7.76. The summed E-state index contributed by atoms with van der Waals surface area (Å²) in [7, 11) is 4.51. The van der Waals surface area contributed by atoms with E-state index in [1.54, 1.807) is 25.3 Å². The van der Waals surface area contributed by atoms with Crippen molar-refractivity contribution in [3.8, 4) is 5.75 Å². The molecule has 0 radical (unpaired) electrons. The van der Waals surface area contributed by atoms with Crippen LogP contribution in [0.2, 0.25) is 0 Å². The van der Waals surface area contributed by atoms with Gasteiger partial charge in [-0.2, -0.15) is 0 Å². The second-order valence-electron chi connectivity index (χ2n) is 7.76. The molecule has 172 valence electrons. The van der Waals surface area contributed by atoms with Crippen LogP contribution in [0.1, 0.15) is 18.1 Å². The van der Waals surface area contributed by atoms with Crippen molar-refractivity contribution in [3.05, 3.63) is 107 Å². The molecule has 1 N–H and O–H groups in total. The minimum Gasteiger partial charge on any atom is -0.497 e. The molecule has 0 saturated carbocycles. The number of hydrogen-bond acceptors (Lipinski definition) is 5. The van der Waals surface area contributed by atoms with Crippen molar-refractivity contribution >= 4 is 28.5 Å². The first-order valence-electron chi connectivity index (χ1n) is 10.7. The Morgan fingerprint density at radius 2 is 1.56 bits per heavy atom. The quantitative estimate of drug-likeness (QED) is 0.616. The van der Waals surface area contributed by atoms with Crippen LogP contribution >= 0.6 is 0 Å². The maximum absolute atomic E-state index is 12.8. The first-order valence-corrected chi connectivity index (χ1v) is 10.7. The minimum atomic E-state index is -0.303. The van der Waals surface area contributed by atoms with Gasteiger partial charge in [-0.3, -0.25) is 9.59 Å². The van der Waals surface area contributed by atoms with Crippen LogP contribution in [0.5, 0.6) is 5.75 Å². The fraction of sp³-hybridized carbons (Fsp3) is 0.143. The highest BCUT2D eigenvalue weighted by atomic mass is 16.5. The highest BCUT2D eigenvalue weighted by Gasteiger charge is 2.26. The number of ketones is 1. The Morgan fingerprint density at radius 3 is 2.18 bits per heavy atom.